The van der Waals surface area contributed by atoms with Gasteiger partial charge in [0.2, 0.25) is 5.82 Å². The smallest absolute Gasteiger partial charge is 0.315 e. The minimum absolute atomic E-state index is 0.226. The van der Waals surface area contributed by atoms with Crippen molar-refractivity contribution in [2.45, 2.75) is 6.43 Å². The number of hydrogen-bond donors (Lipinski definition) is 1. The molecule has 1 heterocycles. The van der Waals surface area contributed by atoms with Gasteiger partial charge < -0.3 is 4.98 Å². The van der Waals surface area contributed by atoms with Crippen molar-refractivity contribution in [3.05, 3.63) is 38.0 Å². The van der Waals surface area contributed by atoms with E-state index in [0.717, 1.165) is 0 Å². The number of nitrogens with one attached hydrogen (secondary N) is 1. The molecule has 0 aromatic carbocycles. The molecule has 0 aliphatic carbocycles. The normalized spacial score (nSPS) is 10.6. The summed E-state index contributed by atoms with van der Waals surface area (Å²) in [7, 11) is 0. The molecule has 76 valence electrons. The quantitative estimate of drug-likeness (QED) is 0.588. The standard InChI is InChI=1S/C6H3F3N2O3/c7-2-1-3(5(8)9)10-6(12)4(2)11(13)14/h1,5H,(H,10,12). The van der Waals surface area contributed by atoms with Crippen molar-refractivity contribution < 1.29 is 18.1 Å². The Morgan fingerprint density at radius 1 is 1.50 bits per heavy atom. The molecule has 0 unspecified atom stereocenters. The number of halogens is 3. The molecule has 0 amide bonds. The molecule has 1 N–H and O–H groups in total. The number of aromatic nitrogens is 1. The van der Waals surface area contributed by atoms with Gasteiger partial charge in [-0.05, 0) is 0 Å². The molecule has 0 atom stereocenters. The van der Waals surface area contributed by atoms with Crippen LogP contribution in [-0.2, 0) is 0 Å². The molecule has 0 aliphatic rings. The Hall–Kier alpha value is -1.86. The van der Waals surface area contributed by atoms with E-state index in [0.29, 0.717) is 0 Å². The highest BCUT2D eigenvalue weighted by Gasteiger charge is 2.22. The number of aromatic amines is 1. The Kier molecular flexibility index (Phi) is 2.54. The van der Waals surface area contributed by atoms with Crippen molar-refractivity contribution in [1.82, 2.24) is 4.98 Å². The lowest BCUT2D eigenvalue weighted by atomic mass is 10.3. The van der Waals surface area contributed by atoms with Gasteiger partial charge in [-0.3, -0.25) is 14.9 Å². The number of nitro groups is 1. The zero-order valence-electron chi connectivity index (χ0n) is 6.46. The van der Waals surface area contributed by atoms with Gasteiger partial charge in [-0.1, -0.05) is 0 Å². The van der Waals surface area contributed by atoms with Gasteiger partial charge in [-0.25, -0.2) is 8.78 Å². The minimum Gasteiger partial charge on any atom is -0.315 e. The fraction of sp³-hybridized carbons (Fsp3) is 0.167. The molecule has 1 rings (SSSR count). The van der Waals surface area contributed by atoms with Crippen LogP contribution in [0.2, 0.25) is 0 Å². The van der Waals surface area contributed by atoms with Gasteiger partial charge in [0, 0.05) is 6.07 Å². The molecule has 0 saturated carbocycles. The van der Waals surface area contributed by atoms with Crippen molar-refractivity contribution >= 4 is 5.69 Å². The van der Waals surface area contributed by atoms with Crippen LogP contribution >= 0.6 is 0 Å². The maximum Gasteiger partial charge on any atom is 0.369 e. The molecule has 8 heteroatoms. The Bertz CT molecular complexity index is 429. The first kappa shape index (κ1) is 10.2. The largest absolute Gasteiger partial charge is 0.369 e. The number of pyridine rings is 1. The maximum atomic E-state index is 12.7. The van der Waals surface area contributed by atoms with E-state index in [2.05, 4.69) is 0 Å². The second-order valence-corrected chi connectivity index (χ2v) is 2.31. The molecular formula is C6H3F3N2O3. The second-order valence-electron chi connectivity index (χ2n) is 2.31. The third-order valence-corrected chi connectivity index (χ3v) is 1.40. The summed E-state index contributed by atoms with van der Waals surface area (Å²) in [6, 6.07) is 0.226. The van der Waals surface area contributed by atoms with E-state index in [1.54, 1.807) is 0 Å². The minimum atomic E-state index is -3.09. The van der Waals surface area contributed by atoms with Crippen LogP contribution in [0.15, 0.2) is 10.9 Å². The maximum absolute atomic E-state index is 12.7. The lowest BCUT2D eigenvalue weighted by Crippen LogP contribution is -2.16. The van der Waals surface area contributed by atoms with Gasteiger partial charge in [0.25, 0.3) is 6.43 Å². The van der Waals surface area contributed by atoms with E-state index in [4.69, 9.17) is 0 Å². The summed E-state index contributed by atoms with van der Waals surface area (Å²) >= 11 is 0. The predicted molar refractivity (Wildman–Crippen MR) is 38.6 cm³/mol. The van der Waals surface area contributed by atoms with Gasteiger partial charge in [0.05, 0.1) is 10.6 Å². The van der Waals surface area contributed by atoms with Gasteiger partial charge in [0.1, 0.15) is 0 Å². The molecule has 1 aromatic rings. The molecular weight excluding hydrogens is 205 g/mol. The first-order chi connectivity index (χ1) is 6.43. The van der Waals surface area contributed by atoms with Crippen LogP contribution in [0.1, 0.15) is 12.1 Å². The van der Waals surface area contributed by atoms with Crippen molar-refractivity contribution in [2.75, 3.05) is 0 Å². The summed E-state index contributed by atoms with van der Waals surface area (Å²) in [5.41, 5.74) is -3.84. The molecule has 1 aromatic heterocycles. The van der Waals surface area contributed by atoms with Crippen molar-refractivity contribution in [3.63, 3.8) is 0 Å². The Labute approximate surface area is 74.3 Å². The molecule has 0 radical (unpaired) electrons. The van der Waals surface area contributed by atoms with Gasteiger partial charge in [0.15, 0.2) is 0 Å². The third kappa shape index (κ3) is 1.73. The van der Waals surface area contributed by atoms with Crippen LogP contribution in [-0.4, -0.2) is 9.91 Å². The molecule has 0 bridgehead atoms. The second kappa shape index (κ2) is 3.48. The topological polar surface area (TPSA) is 76.0 Å². The zero-order valence-corrected chi connectivity index (χ0v) is 6.46. The molecule has 0 aliphatic heterocycles. The monoisotopic (exact) mass is 208 g/mol. The van der Waals surface area contributed by atoms with Crippen LogP contribution in [0.3, 0.4) is 0 Å². The number of alkyl halides is 2. The van der Waals surface area contributed by atoms with Crippen LogP contribution in [0.4, 0.5) is 18.9 Å². The third-order valence-electron chi connectivity index (χ3n) is 1.40. The molecule has 0 spiro atoms. The fourth-order valence-corrected chi connectivity index (χ4v) is 0.827. The number of nitrogens with zero attached hydrogens (tertiary/aromatic N) is 1. The van der Waals surface area contributed by atoms with E-state index in [1.165, 1.54) is 4.98 Å². The summed E-state index contributed by atoms with van der Waals surface area (Å²) in [4.78, 5) is 21.1. The molecule has 0 saturated heterocycles. The SMILES string of the molecule is O=c1[nH]c(C(F)F)cc(F)c1[N+](=O)[O-]. The summed E-state index contributed by atoms with van der Waals surface area (Å²) in [5.74, 6) is -1.57. The van der Waals surface area contributed by atoms with Crippen LogP contribution in [0.25, 0.3) is 0 Å². The average Bonchev–Trinajstić information content (AvgIpc) is 2.01. The van der Waals surface area contributed by atoms with Crippen molar-refractivity contribution in [1.29, 1.82) is 0 Å². The summed E-state index contributed by atoms with van der Waals surface area (Å²) in [6.07, 6.45) is -3.09. The van der Waals surface area contributed by atoms with Gasteiger partial charge >= 0.3 is 11.2 Å². The van der Waals surface area contributed by atoms with Crippen molar-refractivity contribution in [3.8, 4) is 0 Å². The van der Waals surface area contributed by atoms with E-state index >= 15 is 0 Å². The zero-order chi connectivity index (χ0) is 10.9. The van der Waals surface area contributed by atoms with Crippen LogP contribution in [0.5, 0.6) is 0 Å². The lowest BCUT2D eigenvalue weighted by molar-refractivity contribution is -0.389. The lowest BCUT2D eigenvalue weighted by Gasteiger charge is -1.99. The Morgan fingerprint density at radius 2 is 2.07 bits per heavy atom. The first-order valence-corrected chi connectivity index (χ1v) is 3.28. The van der Waals surface area contributed by atoms with Gasteiger partial charge in [-0.2, -0.15) is 4.39 Å². The number of hydrogen-bond acceptors (Lipinski definition) is 3. The Balaban J connectivity index is 3.40. The van der Waals surface area contributed by atoms with Gasteiger partial charge in [-0.15, -0.1) is 0 Å². The van der Waals surface area contributed by atoms with E-state index in [1.807, 2.05) is 0 Å². The predicted octanol–water partition coefficient (Wildman–Crippen LogP) is 1.36. The Morgan fingerprint density at radius 3 is 2.43 bits per heavy atom. The van der Waals surface area contributed by atoms with E-state index < -0.39 is 34.1 Å². The van der Waals surface area contributed by atoms with Crippen molar-refractivity contribution in [2.24, 2.45) is 0 Å². The average molecular weight is 208 g/mol. The number of H-pyrrole nitrogens is 1. The highest BCUT2D eigenvalue weighted by molar-refractivity contribution is 5.29. The fourth-order valence-electron chi connectivity index (χ4n) is 0.827. The number of rotatable bonds is 2. The first-order valence-electron chi connectivity index (χ1n) is 3.28. The van der Waals surface area contributed by atoms with E-state index in [-0.39, 0.29) is 6.07 Å². The summed E-state index contributed by atoms with van der Waals surface area (Å²) in [5, 5.41) is 10.1. The van der Waals surface area contributed by atoms with Crippen LogP contribution < -0.4 is 5.56 Å². The van der Waals surface area contributed by atoms with E-state index in [9.17, 15) is 28.1 Å². The summed E-state index contributed by atoms with van der Waals surface area (Å²) < 4.78 is 36.6. The van der Waals surface area contributed by atoms with Crippen LogP contribution in [0, 0.1) is 15.9 Å². The molecule has 14 heavy (non-hydrogen) atoms. The highest BCUT2D eigenvalue weighted by atomic mass is 19.3. The highest BCUT2D eigenvalue weighted by Crippen LogP contribution is 2.18. The summed E-state index contributed by atoms with van der Waals surface area (Å²) in [6.45, 7) is 0. The molecule has 0 fully saturated rings. The molecule has 5 nitrogen and oxygen atoms in total.